The van der Waals surface area contributed by atoms with Crippen molar-refractivity contribution in [3.63, 3.8) is 0 Å². The molecule has 2 aromatic carbocycles. The lowest BCUT2D eigenvalue weighted by Crippen LogP contribution is -2.60. The van der Waals surface area contributed by atoms with Crippen LogP contribution in [0.25, 0.3) is 11.1 Å². The number of allylic oxidation sites excluding steroid dienone is 2. The largest absolute Gasteiger partial charge is 0.497 e. The fourth-order valence-corrected chi connectivity index (χ4v) is 5.38. The van der Waals surface area contributed by atoms with Crippen LogP contribution in [0.2, 0.25) is 0 Å². The predicted molar refractivity (Wildman–Crippen MR) is 139 cm³/mol. The molecule has 5 heteroatoms. The molecule has 1 heterocycles. The zero-order valence-corrected chi connectivity index (χ0v) is 21.7. The summed E-state index contributed by atoms with van der Waals surface area (Å²) in [6, 6.07) is 9.70. The third-order valence-electron chi connectivity index (χ3n) is 6.73. The van der Waals surface area contributed by atoms with Gasteiger partial charge >= 0.3 is 0 Å². The molecule has 3 nitrogen and oxygen atoms in total. The Morgan fingerprint density at radius 1 is 0.943 bits per heavy atom. The van der Waals surface area contributed by atoms with Crippen molar-refractivity contribution >= 4 is 0 Å². The minimum absolute atomic E-state index is 0.0356. The molecule has 0 N–H and O–H groups in total. The van der Waals surface area contributed by atoms with Crippen LogP contribution in [0.5, 0.6) is 5.75 Å². The number of halogens is 2. The molecule has 0 spiro atoms. The monoisotopic (exact) mass is 483 g/mol. The van der Waals surface area contributed by atoms with Gasteiger partial charge in [0.1, 0.15) is 17.4 Å². The summed E-state index contributed by atoms with van der Waals surface area (Å²) in [6.45, 7) is 13.0. The first kappa shape index (κ1) is 27.1. The van der Waals surface area contributed by atoms with E-state index in [4.69, 9.17) is 9.57 Å². The Morgan fingerprint density at radius 3 is 2.23 bits per heavy atom. The van der Waals surface area contributed by atoms with Crippen molar-refractivity contribution in [3.8, 4) is 16.9 Å². The van der Waals surface area contributed by atoms with E-state index < -0.39 is 5.82 Å². The molecule has 0 radical (unpaired) electrons. The molecule has 1 saturated heterocycles. The van der Waals surface area contributed by atoms with E-state index in [9.17, 15) is 4.39 Å². The maximum absolute atomic E-state index is 15.4. The number of piperidine rings is 1. The molecular weight excluding hydrogens is 444 g/mol. The van der Waals surface area contributed by atoms with Crippen LogP contribution in [0, 0.1) is 11.6 Å². The number of unbranched alkanes of at least 4 members (excludes halogenated alkanes) is 1. The fourth-order valence-electron chi connectivity index (χ4n) is 5.38. The van der Waals surface area contributed by atoms with Crippen molar-refractivity contribution in [2.24, 2.45) is 0 Å². The molecule has 2 aromatic rings. The molecule has 3 rings (SSSR count). The zero-order chi connectivity index (χ0) is 25.6. The lowest BCUT2D eigenvalue weighted by atomic mass is 9.72. The number of nitrogens with zero attached hydrogens (tertiary/aromatic N) is 1. The third-order valence-corrected chi connectivity index (χ3v) is 6.73. The second-order valence-electron chi connectivity index (χ2n) is 10.6. The number of methoxy groups -OCH3 is 1. The fraction of sp³-hybridized carbons (Fsp3) is 0.467. The summed E-state index contributed by atoms with van der Waals surface area (Å²) in [5.74, 6) is -0.257. The summed E-state index contributed by atoms with van der Waals surface area (Å²) < 4.78 is 35.0. The van der Waals surface area contributed by atoms with E-state index in [0.717, 1.165) is 32.1 Å². The highest BCUT2D eigenvalue weighted by Crippen LogP contribution is 2.46. The molecular formula is C30H39F2NO2. The van der Waals surface area contributed by atoms with E-state index in [-0.39, 0.29) is 22.8 Å². The highest BCUT2D eigenvalue weighted by molar-refractivity contribution is 5.65. The van der Waals surface area contributed by atoms with Gasteiger partial charge in [-0.25, -0.2) is 8.78 Å². The number of hydroxylamine groups is 2. The number of ether oxygens (including phenoxy) is 1. The van der Waals surface area contributed by atoms with Gasteiger partial charge < -0.3 is 4.74 Å². The Labute approximate surface area is 209 Å². The minimum atomic E-state index is -0.431. The molecule has 0 bridgehead atoms. The molecule has 1 aliphatic rings. The smallest absolute Gasteiger partial charge is 0.134 e. The molecule has 0 aliphatic carbocycles. The normalized spacial score (nSPS) is 18.1. The second kappa shape index (κ2) is 11.5. The highest BCUT2D eigenvalue weighted by atomic mass is 19.1. The van der Waals surface area contributed by atoms with Gasteiger partial charge in [0.05, 0.1) is 13.7 Å². The van der Waals surface area contributed by atoms with Crippen molar-refractivity contribution in [2.75, 3.05) is 13.7 Å². The first-order valence-electron chi connectivity index (χ1n) is 12.4. The van der Waals surface area contributed by atoms with E-state index in [1.807, 2.05) is 18.2 Å². The number of rotatable bonds is 10. The standard InChI is InChI=1S/C30H39F2NO2/c1-7-8-9-10-11-12-17-35-33-29(2,3)20-23(21-30(33,4)5)26-15-13-22(18-27(26)31)25-16-14-24(34-6)19-28(25)32/h7,10-11,13-16,18-19,23H,1,8-9,12,17,20-21H2,2-6H3/b11-10-. The van der Waals surface area contributed by atoms with Crippen molar-refractivity contribution in [2.45, 2.75) is 76.8 Å². The van der Waals surface area contributed by atoms with E-state index in [0.29, 0.717) is 29.0 Å². The first-order chi connectivity index (χ1) is 16.6. The zero-order valence-electron chi connectivity index (χ0n) is 21.7. The quantitative estimate of drug-likeness (QED) is 0.251. The highest BCUT2D eigenvalue weighted by Gasteiger charge is 2.47. The topological polar surface area (TPSA) is 21.7 Å². The van der Waals surface area contributed by atoms with Crippen molar-refractivity contribution in [1.82, 2.24) is 5.06 Å². The lowest BCUT2D eigenvalue weighted by Gasteiger charge is -2.54. The van der Waals surface area contributed by atoms with Crippen LogP contribution >= 0.6 is 0 Å². The SMILES string of the molecule is C=CCC/C=C\CCON1C(C)(C)CC(c2ccc(-c3ccc(OC)cc3F)cc2F)CC1(C)C. The predicted octanol–water partition coefficient (Wildman–Crippen LogP) is 8.22. The molecule has 190 valence electrons. The summed E-state index contributed by atoms with van der Waals surface area (Å²) in [7, 11) is 1.49. The van der Waals surface area contributed by atoms with Gasteiger partial charge in [-0.2, -0.15) is 5.06 Å². The van der Waals surface area contributed by atoms with Gasteiger partial charge in [0.25, 0.3) is 0 Å². The second-order valence-corrected chi connectivity index (χ2v) is 10.6. The first-order valence-corrected chi connectivity index (χ1v) is 12.4. The Morgan fingerprint density at radius 2 is 1.63 bits per heavy atom. The Balaban J connectivity index is 1.72. The Hall–Kier alpha value is -2.50. The van der Waals surface area contributed by atoms with Crippen LogP contribution in [0.1, 0.15) is 71.3 Å². The van der Waals surface area contributed by atoms with E-state index >= 15 is 4.39 Å². The number of benzene rings is 2. The van der Waals surface area contributed by atoms with Crippen LogP contribution in [-0.4, -0.2) is 29.9 Å². The molecule has 0 atom stereocenters. The third kappa shape index (κ3) is 6.59. The Kier molecular flexibility index (Phi) is 8.89. The van der Waals surface area contributed by atoms with Gasteiger partial charge in [0.15, 0.2) is 0 Å². The summed E-state index contributed by atoms with van der Waals surface area (Å²) >= 11 is 0. The van der Waals surface area contributed by atoms with Gasteiger partial charge in [-0.05, 0) is 95.0 Å². The van der Waals surface area contributed by atoms with Gasteiger partial charge in [0.2, 0.25) is 0 Å². The minimum Gasteiger partial charge on any atom is -0.497 e. The molecule has 0 unspecified atom stereocenters. The van der Waals surface area contributed by atoms with Gasteiger partial charge in [-0.1, -0.05) is 30.4 Å². The average Bonchev–Trinajstić information content (AvgIpc) is 2.78. The maximum atomic E-state index is 15.4. The summed E-state index contributed by atoms with van der Waals surface area (Å²) in [5, 5.41) is 2.10. The van der Waals surface area contributed by atoms with Crippen LogP contribution in [0.15, 0.2) is 61.2 Å². The number of hydrogen-bond acceptors (Lipinski definition) is 3. The number of hydrogen-bond donors (Lipinski definition) is 0. The maximum Gasteiger partial charge on any atom is 0.134 e. The molecule has 1 fully saturated rings. The summed E-state index contributed by atoms with van der Waals surface area (Å²) in [4.78, 5) is 6.26. The molecule has 1 aliphatic heterocycles. The van der Waals surface area contributed by atoms with E-state index in [1.54, 1.807) is 12.1 Å². The van der Waals surface area contributed by atoms with Crippen molar-refractivity contribution in [1.29, 1.82) is 0 Å². The molecule has 35 heavy (non-hydrogen) atoms. The van der Waals surface area contributed by atoms with Gasteiger partial charge in [-0.15, -0.1) is 6.58 Å². The molecule has 0 aromatic heterocycles. The van der Waals surface area contributed by atoms with Crippen molar-refractivity contribution in [3.05, 3.63) is 78.4 Å². The molecule has 0 amide bonds. The van der Waals surface area contributed by atoms with Crippen molar-refractivity contribution < 1.29 is 18.4 Å². The van der Waals surface area contributed by atoms with Crippen LogP contribution < -0.4 is 4.74 Å². The average molecular weight is 484 g/mol. The Bertz CT molecular complexity index is 1030. The van der Waals surface area contributed by atoms with Crippen LogP contribution in [0.3, 0.4) is 0 Å². The van der Waals surface area contributed by atoms with Crippen LogP contribution in [0.4, 0.5) is 8.78 Å². The van der Waals surface area contributed by atoms with Gasteiger partial charge in [0, 0.05) is 22.7 Å². The van der Waals surface area contributed by atoms with Gasteiger partial charge in [-0.3, -0.25) is 4.84 Å². The molecule has 0 saturated carbocycles. The van der Waals surface area contributed by atoms with E-state index in [2.05, 4.69) is 51.5 Å². The summed E-state index contributed by atoms with van der Waals surface area (Å²) in [5.41, 5.74) is 1.01. The van der Waals surface area contributed by atoms with Crippen LogP contribution in [-0.2, 0) is 4.84 Å². The summed E-state index contributed by atoms with van der Waals surface area (Å²) in [6.07, 6.45) is 10.6. The lowest BCUT2D eigenvalue weighted by molar-refractivity contribution is -0.282. The van der Waals surface area contributed by atoms with E-state index in [1.165, 1.54) is 19.2 Å².